The van der Waals surface area contributed by atoms with Crippen molar-refractivity contribution in [1.82, 2.24) is 10.2 Å². The molecule has 0 saturated carbocycles. The Labute approximate surface area is 269 Å². The molecule has 2 atom stereocenters. The fourth-order valence-corrected chi connectivity index (χ4v) is 6.55. The van der Waals surface area contributed by atoms with Crippen molar-refractivity contribution >= 4 is 39.1 Å². The van der Waals surface area contributed by atoms with Gasteiger partial charge in [0.05, 0.1) is 10.6 Å². The highest BCUT2D eigenvalue weighted by Crippen LogP contribution is 2.30. The summed E-state index contributed by atoms with van der Waals surface area (Å²) in [5, 5.41) is 3.25. The Morgan fingerprint density at radius 1 is 0.911 bits per heavy atom. The molecule has 0 saturated heterocycles. The lowest BCUT2D eigenvalue weighted by Gasteiger charge is -2.34. The minimum absolute atomic E-state index is 0.0202. The van der Waals surface area contributed by atoms with Crippen molar-refractivity contribution in [3.63, 3.8) is 0 Å². The van der Waals surface area contributed by atoms with Crippen LogP contribution >= 0.6 is 11.6 Å². The molecule has 0 aromatic heterocycles. The molecule has 0 unspecified atom stereocenters. The molecule has 7 nitrogen and oxygen atoms in total. The van der Waals surface area contributed by atoms with E-state index < -0.39 is 40.2 Å². The Morgan fingerprint density at radius 2 is 1.53 bits per heavy atom. The molecular weight excluding hydrogens is 613 g/mol. The Kier molecular flexibility index (Phi) is 11.4. The molecule has 4 rings (SSSR count). The zero-order valence-corrected chi connectivity index (χ0v) is 27.1. The van der Waals surface area contributed by atoms with Gasteiger partial charge in [-0.15, -0.1) is 0 Å². The lowest BCUT2D eigenvalue weighted by Crippen LogP contribution is -2.54. The SMILES string of the molecule is CC[C@@H](C)NC(=O)[C@@H](Cc1ccccc1)N(Cc1ccccc1F)C(=O)CN(c1cc(Cl)ccc1C)S(=O)(=O)c1ccccc1. The van der Waals surface area contributed by atoms with Gasteiger partial charge in [0.15, 0.2) is 0 Å². The van der Waals surface area contributed by atoms with Gasteiger partial charge in [-0.3, -0.25) is 13.9 Å². The number of carbonyl (C=O) groups is 2. The molecule has 10 heteroatoms. The molecule has 0 heterocycles. The van der Waals surface area contributed by atoms with Gasteiger partial charge in [0, 0.05) is 29.6 Å². The first kappa shape index (κ1) is 33.7. The predicted molar refractivity (Wildman–Crippen MR) is 176 cm³/mol. The molecule has 2 amide bonds. The number of benzene rings is 4. The monoisotopic (exact) mass is 649 g/mol. The third kappa shape index (κ3) is 8.49. The first-order chi connectivity index (χ1) is 21.5. The van der Waals surface area contributed by atoms with Crippen molar-refractivity contribution in [3.8, 4) is 0 Å². The van der Waals surface area contributed by atoms with Crippen LogP contribution < -0.4 is 9.62 Å². The fourth-order valence-electron chi connectivity index (χ4n) is 4.89. The maximum Gasteiger partial charge on any atom is 0.264 e. The molecule has 0 aliphatic carbocycles. The topological polar surface area (TPSA) is 86.8 Å². The quantitative estimate of drug-likeness (QED) is 0.178. The van der Waals surface area contributed by atoms with Gasteiger partial charge in [0.1, 0.15) is 18.4 Å². The number of rotatable bonds is 13. The third-order valence-corrected chi connectivity index (χ3v) is 9.63. The molecule has 4 aromatic carbocycles. The van der Waals surface area contributed by atoms with Crippen LogP contribution in [0.5, 0.6) is 0 Å². The van der Waals surface area contributed by atoms with Crippen LogP contribution in [0.25, 0.3) is 0 Å². The standard InChI is InChI=1S/C35H37ClFN3O4S/c1-4-26(3)38-35(42)33(21-27-13-7-5-8-14-27)39(23-28-15-11-12-18-31(28)37)34(41)24-40(32-22-29(36)20-19-25(32)2)45(43,44)30-16-9-6-10-17-30/h5-20,22,26,33H,4,21,23-24H2,1-3H3,(H,38,42)/t26-,33-/m1/s1. The van der Waals surface area contributed by atoms with Gasteiger partial charge in [-0.25, -0.2) is 12.8 Å². The number of halogens is 2. The summed E-state index contributed by atoms with van der Waals surface area (Å²) in [6.07, 6.45) is 0.785. The first-order valence-electron chi connectivity index (χ1n) is 14.7. The van der Waals surface area contributed by atoms with Crippen LogP contribution in [0.4, 0.5) is 10.1 Å². The Balaban J connectivity index is 1.84. The summed E-state index contributed by atoms with van der Waals surface area (Å²) < 4.78 is 44.3. The Hall–Kier alpha value is -4.21. The van der Waals surface area contributed by atoms with Crippen LogP contribution in [-0.4, -0.2) is 43.8 Å². The smallest absolute Gasteiger partial charge is 0.264 e. The maximum absolute atomic E-state index is 15.0. The lowest BCUT2D eigenvalue weighted by molar-refractivity contribution is -0.140. The van der Waals surface area contributed by atoms with Crippen LogP contribution in [0.2, 0.25) is 5.02 Å². The van der Waals surface area contributed by atoms with Crippen molar-refractivity contribution in [1.29, 1.82) is 0 Å². The molecule has 45 heavy (non-hydrogen) atoms. The number of nitrogens with zero attached hydrogens (tertiary/aromatic N) is 2. The zero-order valence-electron chi connectivity index (χ0n) is 25.5. The van der Waals surface area contributed by atoms with Gasteiger partial charge in [0.25, 0.3) is 10.0 Å². The van der Waals surface area contributed by atoms with Crippen LogP contribution in [-0.2, 0) is 32.6 Å². The van der Waals surface area contributed by atoms with E-state index in [1.54, 1.807) is 49.4 Å². The summed E-state index contributed by atoms with van der Waals surface area (Å²) in [4.78, 5) is 29.6. The second-order valence-corrected chi connectivity index (χ2v) is 13.2. The van der Waals surface area contributed by atoms with E-state index in [9.17, 15) is 18.0 Å². The molecule has 4 aromatic rings. The first-order valence-corrected chi connectivity index (χ1v) is 16.5. The summed E-state index contributed by atoms with van der Waals surface area (Å²) >= 11 is 6.31. The van der Waals surface area contributed by atoms with E-state index in [0.717, 1.165) is 9.87 Å². The van der Waals surface area contributed by atoms with Crippen LogP contribution in [0, 0.1) is 12.7 Å². The number of carbonyl (C=O) groups excluding carboxylic acids is 2. The highest BCUT2D eigenvalue weighted by atomic mass is 35.5. The van der Waals surface area contributed by atoms with E-state index in [-0.39, 0.29) is 40.2 Å². The van der Waals surface area contributed by atoms with E-state index in [1.807, 2.05) is 44.2 Å². The number of amides is 2. The molecule has 0 aliphatic heterocycles. The number of sulfonamides is 1. The maximum atomic E-state index is 15.0. The van der Waals surface area contributed by atoms with Gasteiger partial charge in [-0.2, -0.15) is 0 Å². The van der Waals surface area contributed by atoms with Crippen LogP contribution in [0.15, 0.2) is 108 Å². The highest BCUT2D eigenvalue weighted by Gasteiger charge is 2.35. The van der Waals surface area contributed by atoms with E-state index in [4.69, 9.17) is 11.6 Å². The summed E-state index contributed by atoms with van der Waals surface area (Å²) in [6.45, 7) is 4.59. The van der Waals surface area contributed by atoms with Crippen molar-refractivity contribution in [2.24, 2.45) is 0 Å². The zero-order chi connectivity index (χ0) is 32.6. The number of aryl methyl sites for hydroxylation is 1. The average molecular weight is 650 g/mol. The minimum Gasteiger partial charge on any atom is -0.352 e. The lowest BCUT2D eigenvalue weighted by atomic mass is 10.0. The predicted octanol–water partition coefficient (Wildman–Crippen LogP) is 6.54. The van der Waals surface area contributed by atoms with Gasteiger partial charge in [-0.1, -0.05) is 91.3 Å². The summed E-state index contributed by atoms with van der Waals surface area (Å²) in [7, 11) is -4.28. The molecule has 0 radical (unpaired) electrons. The molecule has 0 bridgehead atoms. The van der Waals surface area contributed by atoms with Crippen molar-refractivity contribution in [2.75, 3.05) is 10.8 Å². The van der Waals surface area contributed by atoms with Gasteiger partial charge in [-0.05, 0) is 61.7 Å². The average Bonchev–Trinajstić information content (AvgIpc) is 3.04. The van der Waals surface area contributed by atoms with Crippen molar-refractivity contribution < 1.29 is 22.4 Å². The van der Waals surface area contributed by atoms with Crippen LogP contribution in [0.3, 0.4) is 0 Å². The van der Waals surface area contributed by atoms with E-state index in [0.29, 0.717) is 12.0 Å². The third-order valence-electron chi connectivity index (χ3n) is 7.62. The molecular formula is C35H37ClFN3O4S. The molecule has 0 spiro atoms. The van der Waals surface area contributed by atoms with Crippen molar-refractivity contribution in [3.05, 3.63) is 131 Å². The highest BCUT2D eigenvalue weighted by molar-refractivity contribution is 7.92. The van der Waals surface area contributed by atoms with E-state index >= 15 is 4.39 Å². The number of nitrogens with one attached hydrogen (secondary N) is 1. The number of hydrogen-bond donors (Lipinski definition) is 1. The van der Waals surface area contributed by atoms with Gasteiger partial charge < -0.3 is 10.2 Å². The normalized spacial score (nSPS) is 12.6. The molecule has 0 aliphatic rings. The number of anilines is 1. The minimum atomic E-state index is -4.28. The number of hydrogen-bond acceptors (Lipinski definition) is 4. The van der Waals surface area contributed by atoms with Gasteiger partial charge in [0.2, 0.25) is 11.8 Å². The van der Waals surface area contributed by atoms with E-state index in [1.165, 1.54) is 35.2 Å². The summed E-state index contributed by atoms with van der Waals surface area (Å²) in [6, 6.07) is 26.5. The second-order valence-electron chi connectivity index (χ2n) is 10.9. The fraction of sp³-hybridized carbons (Fsp3) is 0.257. The summed E-state index contributed by atoms with van der Waals surface area (Å²) in [5.74, 6) is -1.65. The Bertz CT molecular complexity index is 1720. The van der Waals surface area contributed by atoms with E-state index in [2.05, 4.69) is 5.32 Å². The summed E-state index contributed by atoms with van der Waals surface area (Å²) in [5.41, 5.74) is 1.76. The second kappa shape index (κ2) is 15.2. The Morgan fingerprint density at radius 3 is 2.18 bits per heavy atom. The van der Waals surface area contributed by atoms with Crippen LogP contribution in [0.1, 0.15) is 37.0 Å². The molecule has 1 N–H and O–H groups in total. The van der Waals surface area contributed by atoms with Gasteiger partial charge >= 0.3 is 0 Å². The largest absolute Gasteiger partial charge is 0.352 e. The van der Waals surface area contributed by atoms with Crippen molar-refractivity contribution in [2.45, 2.75) is 57.1 Å². The molecule has 236 valence electrons. The molecule has 0 fully saturated rings.